The summed E-state index contributed by atoms with van der Waals surface area (Å²) in [6.07, 6.45) is 2.84. The molecule has 29 heavy (non-hydrogen) atoms. The van der Waals surface area contributed by atoms with E-state index in [1.165, 1.54) is 11.3 Å². The minimum Gasteiger partial charge on any atom is -0.450 e. The van der Waals surface area contributed by atoms with Crippen LogP contribution in [-0.2, 0) is 16.1 Å². The number of hydrogen-bond acceptors (Lipinski definition) is 5. The molecule has 0 spiro atoms. The van der Waals surface area contributed by atoms with E-state index in [9.17, 15) is 9.59 Å². The molecule has 0 radical (unpaired) electrons. The predicted molar refractivity (Wildman–Crippen MR) is 115 cm³/mol. The minimum atomic E-state index is -0.301. The number of rotatable bonds is 6. The standard InChI is InChI=1S/C21H28N4O3S/c1-5-9-25-14(3)12-17(15(25)4)18-13-29-20(22-18)23-19(26)16-7-10-24(11-8-16)21(27)28-6-2/h5,12-13,16H,1,6-11H2,2-4H3,(H,22,23,26). The van der Waals surface area contributed by atoms with Crippen LogP contribution in [0.5, 0.6) is 0 Å². The van der Waals surface area contributed by atoms with Crippen molar-refractivity contribution in [3.63, 3.8) is 0 Å². The van der Waals surface area contributed by atoms with E-state index >= 15 is 0 Å². The van der Waals surface area contributed by atoms with E-state index in [1.54, 1.807) is 11.8 Å². The molecule has 0 unspecified atom stereocenters. The van der Waals surface area contributed by atoms with Crippen molar-refractivity contribution < 1.29 is 14.3 Å². The van der Waals surface area contributed by atoms with Crippen LogP contribution in [0.4, 0.5) is 9.93 Å². The van der Waals surface area contributed by atoms with Gasteiger partial charge in [0.15, 0.2) is 5.13 Å². The number of nitrogens with zero attached hydrogens (tertiary/aromatic N) is 3. The molecule has 0 saturated carbocycles. The van der Waals surface area contributed by atoms with Crippen LogP contribution in [-0.4, -0.2) is 46.1 Å². The normalized spacial score (nSPS) is 14.7. The lowest BCUT2D eigenvalue weighted by atomic mass is 9.96. The smallest absolute Gasteiger partial charge is 0.409 e. The van der Waals surface area contributed by atoms with Crippen LogP contribution in [0.25, 0.3) is 11.3 Å². The summed E-state index contributed by atoms with van der Waals surface area (Å²) in [4.78, 5) is 30.7. The monoisotopic (exact) mass is 416 g/mol. The second-order valence-corrected chi connectivity index (χ2v) is 8.03. The van der Waals surface area contributed by atoms with Crippen molar-refractivity contribution in [2.24, 2.45) is 5.92 Å². The highest BCUT2D eigenvalue weighted by atomic mass is 32.1. The summed E-state index contributed by atoms with van der Waals surface area (Å²) in [6.45, 7) is 11.9. The summed E-state index contributed by atoms with van der Waals surface area (Å²) in [7, 11) is 0. The number of carbonyl (C=O) groups excluding carboxylic acids is 2. The third kappa shape index (κ3) is 4.70. The van der Waals surface area contributed by atoms with Crippen molar-refractivity contribution in [3.05, 3.63) is 35.5 Å². The number of nitrogens with one attached hydrogen (secondary N) is 1. The minimum absolute atomic E-state index is 0.0356. The Balaban J connectivity index is 1.61. The van der Waals surface area contributed by atoms with Crippen LogP contribution < -0.4 is 5.32 Å². The van der Waals surface area contributed by atoms with Crippen LogP contribution in [0, 0.1) is 19.8 Å². The molecule has 2 amide bonds. The van der Waals surface area contributed by atoms with Gasteiger partial charge in [0.2, 0.25) is 5.91 Å². The number of likely N-dealkylation sites (tertiary alicyclic amines) is 1. The Kier molecular flexibility index (Phi) is 6.74. The van der Waals surface area contributed by atoms with Crippen LogP contribution in [0.15, 0.2) is 24.1 Å². The van der Waals surface area contributed by atoms with Gasteiger partial charge in [0.1, 0.15) is 0 Å². The van der Waals surface area contributed by atoms with E-state index < -0.39 is 0 Å². The van der Waals surface area contributed by atoms with Gasteiger partial charge in [-0.3, -0.25) is 4.79 Å². The first-order valence-corrected chi connectivity index (χ1v) is 10.8. The first kappa shape index (κ1) is 21.1. The number of allylic oxidation sites excluding steroid dienone is 1. The van der Waals surface area contributed by atoms with Crippen LogP contribution in [0.3, 0.4) is 0 Å². The molecule has 1 aliphatic heterocycles. The second-order valence-electron chi connectivity index (χ2n) is 7.17. The van der Waals surface area contributed by atoms with Gasteiger partial charge < -0.3 is 19.5 Å². The lowest BCUT2D eigenvalue weighted by Gasteiger charge is -2.30. The van der Waals surface area contributed by atoms with Crippen LogP contribution in [0.2, 0.25) is 0 Å². The zero-order chi connectivity index (χ0) is 21.0. The number of anilines is 1. The number of carbonyl (C=O) groups is 2. The van der Waals surface area contributed by atoms with E-state index in [4.69, 9.17) is 4.74 Å². The molecule has 0 atom stereocenters. The largest absolute Gasteiger partial charge is 0.450 e. The van der Waals surface area contributed by atoms with Crippen molar-refractivity contribution >= 4 is 28.5 Å². The van der Waals surface area contributed by atoms with E-state index in [0.717, 1.165) is 29.2 Å². The molecule has 1 N–H and O–H groups in total. The highest BCUT2D eigenvalue weighted by Crippen LogP contribution is 2.30. The van der Waals surface area contributed by atoms with Crippen molar-refractivity contribution in [1.82, 2.24) is 14.5 Å². The van der Waals surface area contributed by atoms with Crippen LogP contribution in [0.1, 0.15) is 31.2 Å². The fourth-order valence-electron chi connectivity index (χ4n) is 3.67. The number of aromatic nitrogens is 2. The SMILES string of the molecule is C=CCn1c(C)cc(-c2csc(NC(=O)C3CCN(C(=O)OCC)CC3)n2)c1C. The third-order valence-corrected chi connectivity index (χ3v) is 6.05. The molecule has 0 bridgehead atoms. The van der Waals surface area contributed by atoms with Gasteiger partial charge in [0.25, 0.3) is 0 Å². The van der Waals surface area contributed by atoms with Gasteiger partial charge in [-0.05, 0) is 39.7 Å². The van der Waals surface area contributed by atoms with E-state index in [-0.39, 0.29) is 17.9 Å². The van der Waals surface area contributed by atoms with Gasteiger partial charge in [-0.1, -0.05) is 6.08 Å². The maximum absolute atomic E-state index is 12.6. The Bertz CT molecular complexity index is 894. The fourth-order valence-corrected chi connectivity index (χ4v) is 4.39. The summed E-state index contributed by atoms with van der Waals surface area (Å²) in [5, 5.41) is 5.52. The predicted octanol–water partition coefficient (Wildman–Crippen LogP) is 4.22. The van der Waals surface area contributed by atoms with Crippen molar-refractivity contribution in [2.45, 2.75) is 40.2 Å². The zero-order valence-electron chi connectivity index (χ0n) is 17.2. The van der Waals surface area contributed by atoms with E-state index in [0.29, 0.717) is 37.7 Å². The Morgan fingerprint density at radius 2 is 2.10 bits per heavy atom. The summed E-state index contributed by atoms with van der Waals surface area (Å²) in [6, 6.07) is 2.12. The number of thiazole rings is 1. The molecule has 3 heterocycles. The molecule has 0 aromatic carbocycles. The Morgan fingerprint density at radius 3 is 2.76 bits per heavy atom. The summed E-state index contributed by atoms with van der Waals surface area (Å²) >= 11 is 1.43. The zero-order valence-corrected chi connectivity index (χ0v) is 18.1. The molecule has 0 aliphatic carbocycles. The topological polar surface area (TPSA) is 76.5 Å². The lowest BCUT2D eigenvalue weighted by Crippen LogP contribution is -2.41. The van der Waals surface area contributed by atoms with Crippen molar-refractivity contribution in [2.75, 3.05) is 25.0 Å². The third-order valence-electron chi connectivity index (χ3n) is 5.29. The highest BCUT2D eigenvalue weighted by Gasteiger charge is 2.28. The lowest BCUT2D eigenvalue weighted by molar-refractivity contribution is -0.121. The first-order chi connectivity index (χ1) is 13.9. The molecular formula is C21H28N4O3S. The summed E-state index contributed by atoms with van der Waals surface area (Å²) < 4.78 is 7.22. The van der Waals surface area contributed by atoms with Crippen molar-refractivity contribution in [1.29, 1.82) is 0 Å². The first-order valence-electron chi connectivity index (χ1n) is 9.90. The Morgan fingerprint density at radius 1 is 1.38 bits per heavy atom. The quantitative estimate of drug-likeness (QED) is 0.715. The Hall–Kier alpha value is -2.61. The highest BCUT2D eigenvalue weighted by molar-refractivity contribution is 7.14. The van der Waals surface area contributed by atoms with Gasteiger partial charge in [-0.2, -0.15) is 0 Å². The molecule has 1 saturated heterocycles. The Labute approximate surface area is 175 Å². The number of ether oxygens (including phenoxy) is 1. The second kappa shape index (κ2) is 9.26. The number of aryl methyl sites for hydroxylation is 1. The molecule has 2 aromatic heterocycles. The molecule has 1 fully saturated rings. The fraction of sp³-hybridized carbons (Fsp3) is 0.476. The molecular weight excluding hydrogens is 388 g/mol. The van der Waals surface area contributed by atoms with Gasteiger partial charge in [-0.15, -0.1) is 17.9 Å². The molecule has 2 aromatic rings. The maximum atomic E-state index is 12.6. The molecule has 3 rings (SSSR count). The van der Waals surface area contributed by atoms with Gasteiger partial charge >= 0.3 is 6.09 Å². The average molecular weight is 417 g/mol. The molecule has 7 nitrogen and oxygen atoms in total. The maximum Gasteiger partial charge on any atom is 0.409 e. The van der Waals surface area contributed by atoms with E-state index in [2.05, 4.69) is 41.4 Å². The summed E-state index contributed by atoms with van der Waals surface area (Å²) in [5.41, 5.74) is 4.23. The average Bonchev–Trinajstić information content (AvgIpc) is 3.28. The number of amides is 2. The number of piperidine rings is 1. The van der Waals surface area contributed by atoms with Gasteiger partial charge in [-0.25, -0.2) is 9.78 Å². The van der Waals surface area contributed by atoms with E-state index in [1.807, 2.05) is 11.5 Å². The van der Waals surface area contributed by atoms with Gasteiger partial charge in [0.05, 0.1) is 12.3 Å². The number of hydrogen-bond donors (Lipinski definition) is 1. The van der Waals surface area contributed by atoms with Crippen molar-refractivity contribution in [3.8, 4) is 11.3 Å². The summed E-state index contributed by atoms with van der Waals surface area (Å²) in [5.74, 6) is -0.155. The molecule has 8 heteroatoms. The van der Waals surface area contributed by atoms with Gasteiger partial charge in [0, 0.05) is 47.9 Å². The molecule has 1 aliphatic rings. The van der Waals surface area contributed by atoms with Crippen LogP contribution >= 0.6 is 11.3 Å². The molecule has 156 valence electrons.